The van der Waals surface area contributed by atoms with Gasteiger partial charge in [0.2, 0.25) is 5.91 Å². The number of carbonyl (C=O) groups excluding carboxylic acids is 3. The second-order valence-corrected chi connectivity index (χ2v) is 6.69. The fourth-order valence-electron chi connectivity index (χ4n) is 3.18. The molecule has 1 N–H and O–H groups in total. The normalized spacial score (nSPS) is 15.6. The van der Waals surface area contributed by atoms with Crippen molar-refractivity contribution in [3.8, 4) is 11.5 Å². The monoisotopic (exact) mass is 412 g/mol. The van der Waals surface area contributed by atoms with Gasteiger partial charge in [0.15, 0.2) is 6.61 Å². The zero-order chi connectivity index (χ0) is 21.5. The number of rotatable bonds is 8. The van der Waals surface area contributed by atoms with Crippen molar-refractivity contribution in [1.82, 2.24) is 0 Å². The minimum absolute atomic E-state index is 0.0272. The number of hydrogen-bond acceptors (Lipinski definition) is 6. The predicted molar refractivity (Wildman–Crippen MR) is 111 cm³/mol. The lowest BCUT2D eigenvalue weighted by molar-refractivity contribution is -0.151. The summed E-state index contributed by atoms with van der Waals surface area (Å²) in [6, 6.07) is 14.0. The highest BCUT2D eigenvalue weighted by Gasteiger charge is 2.37. The molecule has 0 aliphatic carbocycles. The minimum Gasteiger partial charge on any atom is -0.497 e. The largest absolute Gasteiger partial charge is 0.497 e. The molecule has 1 atom stereocenters. The summed E-state index contributed by atoms with van der Waals surface area (Å²) < 4.78 is 15.8. The van der Waals surface area contributed by atoms with Crippen LogP contribution < -0.4 is 19.7 Å². The van der Waals surface area contributed by atoms with Crippen LogP contribution in [0.1, 0.15) is 13.3 Å². The first-order valence-electron chi connectivity index (χ1n) is 9.64. The van der Waals surface area contributed by atoms with E-state index in [1.807, 2.05) is 13.0 Å². The van der Waals surface area contributed by atoms with E-state index >= 15 is 0 Å². The van der Waals surface area contributed by atoms with Gasteiger partial charge in [-0.3, -0.25) is 14.4 Å². The van der Waals surface area contributed by atoms with Crippen molar-refractivity contribution in [2.24, 2.45) is 5.92 Å². The minimum atomic E-state index is -0.638. The van der Waals surface area contributed by atoms with E-state index in [4.69, 9.17) is 14.2 Å². The molecule has 2 amide bonds. The molecule has 0 radical (unpaired) electrons. The molecule has 2 aromatic rings. The van der Waals surface area contributed by atoms with Gasteiger partial charge in [-0.15, -0.1) is 0 Å². The molecule has 0 aromatic heterocycles. The van der Waals surface area contributed by atoms with E-state index in [0.29, 0.717) is 29.5 Å². The average molecular weight is 412 g/mol. The molecule has 1 aliphatic rings. The van der Waals surface area contributed by atoms with Gasteiger partial charge in [-0.1, -0.05) is 12.1 Å². The summed E-state index contributed by atoms with van der Waals surface area (Å²) in [4.78, 5) is 38.4. The molecule has 2 aromatic carbocycles. The summed E-state index contributed by atoms with van der Waals surface area (Å²) in [5, 5.41) is 2.64. The van der Waals surface area contributed by atoms with E-state index in [0.717, 1.165) is 0 Å². The van der Waals surface area contributed by atoms with Crippen molar-refractivity contribution in [2.45, 2.75) is 13.3 Å². The molecule has 30 heavy (non-hydrogen) atoms. The van der Waals surface area contributed by atoms with Gasteiger partial charge in [0.25, 0.3) is 5.91 Å². The number of nitrogens with one attached hydrogen (secondary N) is 1. The van der Waals surface area contributed by atoms with E-state index in [-0.39, 0.29) is 18.9 Å². The lowest BCUT2D eigenvalue weighted by Gasteiger charge is -2.19. The van der Waals surface area contributed by atoms with Crippen LogP contribution in [-0.2, 0) is 19.1 Å². The molecule has 0 unspecified atom stereocenters. The Hall–Kier alpha value is -3.55. The maximum Gasteiger partial charge on any atom is 0.311 e. The van der Waals surface area contributed by atoms with Crippen molar-refractivity contribution >= 4 is 29.2 Å². The Kier molecular flexibility index (Phi) is 6.90. The van der Waals surface area contributed by atoms with Crippen molar-refractivity contribution in [3.05, 3.63) is 48.5 Å². The number of para-hydroxylation sites is 2. The summed E-state index contributed by atoms with van der Waals surface area (Å²) in [6.07, 6.45) is 0.0272. The number of methoxy groups -OCH3 is 1. The molecule has 8 nitrogen and oxygen atoms in total. The number of ether oxygens (including phenoxy) is 3. The summed E-state index contributed by atoms with van der Waals surface area (Å²) in [6.45, 7) is 2.08. The maximum absolute atomic E-state index is 12.5. The number of hydrogen-bond donors (Lipinski definition) is 1. The SMILES string of the molecule is CCOc1ccccc1N1C[C@@H](C(=O)OCC(=O)Nc2ccc(OC)cc2)CC1=O. The highest BCUT2D eigenvalue weighted by atomic mass is 16.5. The van der Waals surface area contributed by atoms with Gasteiger partial charge in [0.05, 0.1) is 25.3 Å². The first kappa shape index (κ1) is 21.2. The Labute approximate surface area is 174 Å². The van der Waals surface area contributed by atoms with Crippen molar-refractivity contribution in [2.75, 3.05) is 37.1 Å². The van der Waals surface area contributed by atoms with Gasteiger partial charge >= 0.3 is 5.97 Å². The van der Waals surface area contributed by atoms with Crippen LogP contribution in [0.3, 0.4) is 0 Å². The summed E-state index contributed by atoms with van der Waals surface area (Å²) in [5.74, 6) is -0.615. The van der Waals surface area contributed by atoms with Crippen LogP contribution in [0.15, 0.2) is 48.5 Å². The summed E-state index contributed by atoms with van der Waals surface area (Å²) >= 11 is 0. The molecule has 1 fully saturated rings. The molecule has 0 saturated carbocycles. The summed E-state index contributed by atoms with van der Waals surface area (Å²) in [7, 11) is 1.55. The lowest BCUT2D eigenvalue weighted by Crippen LogP contribution is -2.28. The lowest BCUT2D eigenvalue weighted by atomic mass is 10.1. The first-order valence-corrected chi connectivity index (χ1v) is 9.64. The predicted octanol–water partition coefficient (Wildman–Crippen LogP) is 2.63. The third kappa shape index (κ3) is 5.08. The van der Waals surface area contributed by atoms with E-state index in [2.05, 4.69) is 5.32 Å². The number of anilines is 2. The van der Waals surface area contributed by atoms with E-state index in [9.17, 15) is 14.4 Å². The maximum atomic E-state index is 12.5. The van der Waals surface area contributed by atoms with Crippen LogP contribution in [0.2, 0.25) is 0 Å². The molecule has 0 spiro atoms. The van der Waals surface area contributed by atoms with Crippen LogP contribution in [0.5, 0.6) is 11.5 Å². The van der Waals surface area contributed by atoms with Gasteiger partial charge in [-0.25, -0.2) is 0 Å². The first-order chi connectivity index (χ1) is 14.5. The quantitative estimate of drug-likeness (QED) is 0.670. The van der Waals surface area contributed by atoms with Crippen LogP contribution in [-0.4, -0.2) is 44.7 Å². The third-order valence-electron chi connectivity index (χ3n) is 4.63. The number of nitrogens with zero attached hydrogens (tertiary/aromatic N) is 1. The Morgan fingerprint density at radius 2 is 1.87 bits per heavy atom. The molecule has 1 saturated heterocycles. The standard InChI is InChI=1S/C22H24N2O6/c1-3-29-19-7-5-4-6-18(19)24-13-15(12-21(24)26)22(27)30-14-20(25)23-16-8-10-17(28-2)11-9-16/h4-11,15H,3,12-14H2,1-2H3,(H,23,25)/t15-/m0/s1. The molecule has 1 heterocycles. The third-order valence-corrected chi connectivity index (χ3v) is 4.63. The molecular weight excluding hydrogens is 388 g/mol. The Morgan fingerprint density at radius 1 is 1.13 bits per heavy atom. The highest BCUT2D eigenvalue weighted by molar-refractivity contribution is 6.01. The fourth-order valence-corrected chi connectivity index (χ4v) is 3.18. The van der Waals surface area contributed by atoms with E-state index < -0.39 is 24.4 Å². The zero-order valence-corrected chi connectivity index (χ0v) is 16.9. The van der Waals surface area contributed by atoms with Crippen LogP contribution >= 0.6 is 0 Å². The van der Waals surface area contributed by atoms with E-state index in [1.165, 1.54) is 4.90 Å². The Morgan fingerprint density at radius 3 is 2.57 bits per heavy atom. The van der Waals surface area contributed by atoms with Crippen LogP contribution in [0.4, 0.5) is 11.4 Å². The molecule has 3 rings (SSSR count). The Balaban J connectivity index is 1.53. The molecule has 8 heteroatoms. The van der Waals surface area contributed by atoms with E-state index in [1.54, 1.807) is 49.6 Å². The topological polar surface area (TPSA) is 94.2 Å². The average Bonchev–Trinajstić information content (AvgIpc) is 3.15. The zero-order valence-electron chi connectivity index (χ0n) is 16.9. The van der Waals surface area contributed by atoms with Gasteiger partial charge in [-0.05, 0) is 43.3 Å². The molecule has 1 aliphatic heterocycles. The second kappa shape index (κ2) is 9.78. The van der Waals surface area contributed by atoms with Crippen molar-refractivity contribution in [3.63, 3.8) is 0 Å². The number of esters is 1. The molecule has 158 valence electrons. The van der Waals surface area contributed by atoms with Gasteiger partial charge in [-0.2, -0.15) is 0 Å². The Bertz CT molecular complexity index is 912. The highest BCUT2D eigenvalue weighted by Crippen LogP contribution is 2.33. The number of benzene rings is 2. The smallest absolute Gasteiger partial charge is 0.311 e. The fraction of sp³-hybridized carbons (Fsp3) is 0.318. The van der Waals surface area contributed by atoms with Gasteiger partial charge in [0.1, 0.15) is 11.5 Å². The van der Waals surface area contributed by atoms with Crippen molar-refractivity contribution < 1.29 is 28.6 Å². The molecular formula is C22H24N2O6. The molecule has 0 bridgehead atoms. The van der Waals surface area contributed by atoms with Crippen LogP contribution in [0.25, 0.3) is 0 Å². The second-order valence-electron chi connectivity index (χ2n) is 6.69. The van der Waals surface area contributed by atoms with Crippen LogP contribution in [0, 0.1) is 5.92 Å². The summed E-state index contributed by atoms with van der Waals surface area (Å²) in [5.41, 5.74) is 1.18. The van der Waals surface area contributed by atoms with Gasteiger partial charge in [0, 0.05) is 18.7 Å². The van der Waals surface area contributed by atoms with Crippen molar-refractivity contribution in [1.29, 1.82) is 0 Å². The number of carbonyl (C=O) groups is 3. The van der Waals surface area contributed by atoms with Gasteiger partial charge < -0.3 is 24.4 Å². The number of amides is 2.